The van der Waals surface area contributed by atoms with Gasteiger partial charge in [0.05, 0.1) is 33.4 Å². The number of nitrogens with zero attached hydrogens (tertiary/aromatic N) is 3. The molecule has 0 bridgehead atoms. The zero-order valence-corrected chi connectivity index (χ0v) is 24.0. The number of non-ortho nitro benzene ring substituents is 1. The van der Waals surface area contributed by atoms with E-state index >= 15 is 0 Å². The average molecular weight is 564 g/mol. The number of methoxy groups -OCH3 is 4. The molecule has 10 heteroatoms. The molecule has 0 radical (unpaired) electrons. The highest BCUT2D eigenvalue weighted by molar-refractivity contribution is 6.06. The molecule has 3 aromatic carbocycles. The maximum atomic E-state index is 13.6. The Bertz CT molecular complexity index is 1330. The summed E-state index contributed by atoms with van der Waals surface area (Å²) in [6.07, 6.45) is 3.34. The maximum Gasteiger partial charge on any atom is 0.269 e. The molecular formula is C31H37N3O7. The van der Waals surface area contributed by atoms with Gasteiger partial charge in [0.15, 0.2) is 23.0 Å². The van der Waals surface area contributed by atoms with E-state index in [-0.39, 0.29) is 11.6 Å². The van der Waals surface area contributed by atoms with Gasteiger partial charge in [0.1, 0.15) is 0 Å². The second-order valence-corrected chi connectivity index (χ2v) is 9.18. The molecule has 0 heterocycles. The van der Waals surface area contributed by atoms with Crippen LogP contribution >= 0.6 is 0 Å². The van der Waals surface area contributed by atoms with Gasteiger partial charge in [-0.1, -0.05) is 12.1 Å². The molecule has 0 N–H and O–H groups in total. The first-order valence-corrected chi connectivity index (χ1v) is 13.2. The fourth-order valence-electron chi connectivity index (χ4n) is 4.47. The van der Waals surface area contributed by atoms with Crippen molar-refractivity contribution in [2.45, 2.75) is 12.8 Å². The number of benzene rings is 3. The lowest BCUT2D eigenvalue weighted by molar-refractivity contribution is -0.384. The van der Waals surface area contributed by atoms with Crippen LogP contribution in [0.2, 0.25) is 0 Å². The van der Waals surface area contributed by atoms with Crippen molar-refractivity contribution in [2.75, 3.05) is 59.5 Å². The molecule has 0 saturated heterocycles. The Morgan fingerprint density at radius 3 is 2.02 bits per heavy atom. The van der Waals surface area contributed by atoms with Crippen molar-refractivity contribution in [3.05, 3.63) is 94.6 Å². The van der Waals surface area contributed by atoms with Crippen LogP contribution in [0.3, 0.4) is 0 Å². The zero-order chi connectivity index (χ0) is 29.8. The average Bonchev–Trinajstić information content (AvgIpc) is 3.01. The summed E-state index contributed by atoms with van der Waals surface area (Å²) in [6.45, 7) is 6.51. The molecule has 10 nitrogen and oxygen atoms in total. The molecule has 3 rings (SSSR count). The van der Waals surface area contributed by atoms with Crippen LogP contribution < -0.4 is 23.8 Å². The highest BCUT2D eigenvalue weighted by Gasteiger charge is 2.21. The summed E-state index contributed by atoms with van der Waals surface area (Å²) in [4.78, 5) is 28.2. The van der Waals surface area contributed by atoms with Crippen LogP contribution in [-0.4, -0.2) is 70.3 Å². The number of rotatable bonds is 16. The lowest BCUT2D eigenvalue weighted by atomic mass is 10.1. The summed E-state index contributed by atoms with van der Waals surface area (Å²) in [5.74, 6) is 2.15. The molecule has 0 unspecified atom stereocenters. The molecule has 41 heavy (non-hydrogen) atoms. The number of nitro benzene ring substituents is 1. The van der Waals surface area contributed by atoms with Gasteiger partial charge in [-0.25, -0.2) is 0 Å². The smallest absolute Gasteiger partial charge is 0.269 e. The van der Waals surface area contributed by atoms with Crippen LogP contribution in [0.1, 0.15) is 22.3 Å². The van der Waals surface area contributed by atoms with Crippen molar-refractivity contribution in [1.82, 2.24) is 4.90 Å². The molecule has 0 fully saturated rings. The number of nitro groups is 1. The third-order valence-electron chi connectivity index (χ3n) is 6.66. The Hall–Kier alpha value is -4.57. The topological polar surface area (TPSA) is 104 Å². The predicted octanol–water partition coefficient (Wildman–Crippen LogP) is 5.40. The first kappa shape index (κ1) is 31.0. The summed E-state index contributed by atoms with van der Waals surface area (Å²) in [5, 5.41) is 11.1. The van der Waals surface area contributed by atoms with Crippen molar-refractivity contribution < 1.29 is 28.7 Å². The minimum absolute atomic E-state index is 0.0752. The highest BCUT2D eigenvalue weighted by atomic mass is 16.6. The van der Waals surface area contributed by atoms with Gasteiger partial charge in [-0.15, -0.1) is 6.58 Å². The van der Waals surface area contributed by atoms with Gasteiger partial charge in [-0.2, -0.15) is 0 Å². The molecule has 0 spiro atoms. The predicted molar refractivity (Wildman–Crippen MR) is 159 cm³/mol. The van der Waals surface area contributed by atoms with E-state index in [2.05, 4.69) is 11.5 Å². The van der Waals surface area contributed by atoms with Gasteiger partial charge in [0.25, 0.3) is 11.6 Å². The molecule has 218 valence electrons. The molecule has 0 aliphatic carbocycles. The molecule has 0 aliphatic heterocycles. The summed E-state index contributed by atoms with van der Waals surface area (Å²) in [6, 6.07) is 16.8. The van der Waals surface area contributed by atoms with Crippen molar-refractivity contribution in [1.29, 1.82) is 0 Å². The number of amides is 1. The van der Waals surface area contributed by atoms with Crippen LogP contribution in [-0.2, 0) is 6.42 Å². The van der Waals surface area contributed by atoms with E-state index in [0.29, 0.717) is 53.8 Å². The number of hydrogen-bond donors (Lipinski definition) is 0. The van der Waals surface area contributed by atoms with Gasteiger partial charge in [-0.05, 0) is 54.8 Å². The molecule has 1 amide bonds. The second-order valence-electron chi connectivity index (χ2n) is 9.18. The fraction of sp³-hybridized carbons (Fsp3) is 0.323. The minimum atomic E-state index is -0.490. The summed E-state index contributed by atoms with van der Waals surface area (Å²) in [7, 11) is 6.32. The van der Waals surface area contributed by atoms with E-state index in [1.54, 1.807) is 44.4 Å². The summed E-state index contributed by atoms with van der Waals surface area (Å²) >= 11 is 0. The maximum absolute atomic E-state index is 13.6. The zero-order valence-electron chi connectivity index (χ0n) is 24.0. The van der Waals surface area contributed by atoms with E-state index < -0.39 is 4.92 Å². The van der Waals surface area contributed by atoms with E-state index in [1.165, 1.54) is 31.4 Å². The van der Waals surface area contributed by atoms with Crippen molar-refractivity contribution in [3.8, 4) is 23.0 Å². The number of anilines is 1. The normalized spacial score (nSPS) is 10.7. The van der Waals surface area contributed by atoms with E-state index in [1.807, 2.05) is 24.3 Å². The van der Waals surface area contributed by atoms with Crippen LogP contribution in [0, 0.1) is 10.1 Å². The summed E-state index contributed by atoms with van der Waals surface area (Å²) < 4.78 is 21.6. The minimum Gasteiger partial charge on any atom is -0.493 e. The Balaban J connectivity index is 1.76. The van der Waals surface area contributed by atoms with E-state index in [9.17, 15) is 14.9 Å². The lowest BCUT2D eigenvalue weighted by Gasteiger charge is -2.26. The van der Waals surface area contributed by atoms with Crippen LogP contribution in [0.4, 0.5) is 11.4 Å². The van der Waals surface area contributed by atoms with Gasteiger partial charge in [-0.3, -0.25) is 19.8 Å². The van der Waals surface area contributed by atoms with Crippen LogP contribution in [0.15, 0.2) is 73.3 Å². The van der Waals surface area contributed by atoms with E-state index in [4.69, 9.17) is 18.9 Å². The summed E-state index contributed by atoms with van der Waals surface area (Å²) in [5.41, 5.74) is 2.03. The number of carbonyl (C=O) groups excluding carboxylic acids is 1. The van der Waals surface area contributed by atoms with Gasteiger partial charge < -0.3 is 23.8 Å². The van der Waals surface area contributed by atoms with Gasteiger partial charge in [0, 0.05) is 55.6 Å². The fourth-order valence-corrected chi connectivity index (χ4v) is 4.47. The molecule has 0 aliphatic rings. The monoisotopic (exact) mass is 563 g/mol. The molecule has 0 saturated carbocycles. The number of ether oxygens (including phenoxy) is 4. The van der Waals surface area contributed by atoms with Gasteiger partial charge >= 0.3 is 0 Å². The Labute approximate surface area is 240 Å². The van der Waals surface area contributed by atoms with Crippen LogP contribution in [0.25, 0.3) is 0 Å². The Kier molecular flexibility index (Phi) is 11.5. The second kappa shape index (κ2) is 15.3. The largest absolute Gasteiger partial charge is 0.493 e. The Morgan fingerprint density at radius 2 is 1.44 bits per heavy atom. The Morgan fingerprint density at radius 1 is 0.829 bits per heavy atom. The third-order valence-corrected chi connectivity index (χ3v) is 6.66. The SMILES string of the molecule is C=CCN(CCCN(C(=O)c1ccc([N+](=O)[O-])cc1)c1ccc(OC)c(OC)c1)CCc1ccc(OC)c(OC)c1. The third kappa shape index (κ3) is 8.21. The standard InChI is InChI=1S/C31H37N3O7/c1-6-17-32(20-16-23-8-14-27(38-2)29(21-23)40-4)18-7-19-33(26-13-15-28(39-3)30(22-26)41-5)31(35)24-9-11-25(12-10-24)34(36)37/h6,8-15,21-22H,1,7,16-20H2,2-5H3. The van der Waals surface area contributed by atoms with Gasteiger partial charge in [0.2, 0.25) is 0 Å². The molecular weight excluding hydrogens is 526 g/mol. The first-order valence-electron chi connectivity index (χ1n) is 13.2. The van der Waals surface area contributed by atoms with Crippen molar-refractivity contribution >= 4 is 17.3 Å². The number of hydrogen-bond acceptors (Lipinski definition) is 8. The van der Waals surface area contributed by atoms with Crippen molar-refractivity contribution in [2.24, 2.45) is 0 Å². The van der Waals surface area contributed by atoms with Crippen molar-refractivity contribution in [3.63, 3.8) is 0 Å². The highest BCUT2D eigenvalue weighted by Crippen LogP contribution is 2.32. The molecule has 0 atom stereocenters. The quantitative estimate of drug-likeness (QED) is 0.130. The van der Waals surface area contributed by atoms with E-state index in [0.717, 1.165) is 25.1 Å². The number of carbonyl (C=O) groups is 1. The first-order chi connectivity index (χ1) is 19.8. The molecule has 3 aromatic rings. The lowest BCUT2D eigenvalue weighted by Crippen LogP contribution is -2.35. The molecule has 0 aromatic heterocycles. The van der Waals surface area contributed by atoms with Crippen LogP contribution in [0.5, 0.6) is 23.0 Å².